The minimum Gasteiger partial charge on any atom is -0.388 e. The first-order valence-corrected chi connectivity index (χ1v) is 5.92. The molecule has 6 heteroatoms. The van der Waals surface area contributed by atoms with Gasteiger partial charge in [0.1, 0.15) is 5.82 Å². The second-order valence-electron chi connectivity index (χ2n) is 4.47. The summed E-state index contributed by atoms with van der Waals surface area (Å²) in [5.41, 5.74) is -1.14. The topological polar surface area (TPSA) is 78.4 Å². The standard InChI is InChI=1S/C13H17FN2O3/c1-3-13(2,19)8-15-11(17)12(18)16-10-7-5-4-6-9(10)14/h4-7,19H,3,8H2,1-2H3,(H,15,17)(H,16,18)/t13-/m0/s1. The van der Waals surface area contributed by atoms with E-state index < -0.39 is 23.2 Å². The first kappa shape index (κ1) is 15.1. The predicted molar refractivity (Wildman–Crippen MR) is 69.0 cm³/mol. The second kappa shape index (κ2) is 6.29. The molecular weight excluding hydrogens is 251 g/mol. The lowest BCUT2D eigenvalue weighted by Gasteiger charge is -2.21. The molecule has 3 N–H and O–H groups in total. The van der Waals surface area contributed by atoms with Crippen LogP contribution in [0.2, 0.25) is 0 Å². The van der Waals surface area contributed by atoms with E-state index in [1.54, 1.807) is 19.9 Å². The van der Waals surface area contributed by atoms with Crippen molar-refractivity contribution in [2.75, 3.05) is 11.9 Å². The lowest BCUT2D eigenvalue weighted by molar-refractivity contribution is -0.136. The Kier molecular flexibility index (Phi) is 5.00. The summed E-state index contributed by atoms with van der Waals surface area (Å²) < 4.78 is 13.3. The van der Waals surface area contributed by atoms with E-state index in [1.807, 2.05) is 0 Å². The molecule has 0 aliphatic rings. The van der Waals surface area contributed by atoms with Gasteiger partial charge in [-0.1, -0.05) is 19.1 Å². The van der Waals surface area contributed by atoms with Crippen LogP contribution in [0.1, 0.15) is 20.3 Å². The quantitative estimate of drug-likeness (QED) is 0.714. The van der Waals surface area contributed by atoms with Gasteiger partial charge in [0, 0.05) is 6.54 Å². The number of hydrogen-bond donors (Lipinski definition) is 3. The van der Waals surface area contributed by atoms with Crippen LogP contribution in [-0.2, 0) is 9.59 Å². The summed E-state index contributed by atoms with van der Waals surface area (Å²) >= 11 is 0. The summed E-state index contributed by atoms with van der Waals surface area (Å²) in [5.74, 6) is -2.52. The third-order valence-electron chi connectivity index (χ3n) is 2.72. The van der Waals surface area contributed by atoms with Crippen LogP contribution in [0, 0.1) is 5.82 Å². The maximum atomic E-state index is 13.3. The van der Waals surface area contributed by atoms with Crippen LogP contribution >= 0.6 is 0 Å². The van der Waals surface area contributed by atoms with Crippen molar-refractivity contribution in [1.82, 2.24) is 5.32 Å². The fourth-order valence-electron chi connectivity index (χ4n) is 1.22. The Balaban J connectivity index is 2.55. The molecular formula is C13H17FN2O3. The predicted octanol–water partition coefficient (Wildman–Crippen LogP) is 1.04. The van der Waals surface area contributed by atoms with E-state index in [0.717, 1.165) is 0 Å². The molecule has 0 bridgehead atoms. The molecule has 0 saturated heterocycles. The Morgan fingerprint density at radius 2 is 1.95 bits per heavy atom. The molecule has 1 atom stereocenters. The monoisotopic (exact) mass is 268 g/mol. The van der Waals surface area contributed by atoms with Gasteiger partial charge in [-0.2, -0.15) is 0 Å². The summed E-state index contributed by atoms with van der Waals surface area (Å²) in [4.78, 5) is 23.0. The van der Waals surface area contributed by atoms with Gasteiger partial charge in [-0.05, 0) is 25.5 Å². The van der Waals surface area contributed by atoms with Crippen molar-refractivity contribution in [3.63, 3.8) is 0 Å². The Morgan fingerprint density at radius 3 is 2.53 bits per heavy atom. The van der Waals surface area contributed by atoms with Crippen LogP contribution in [0.3, 0.4) is 0 Å². The van der Waals surface area contributed by atoms with Gasteiger partial charge in [0.15, 0.2) is 0 Å². The molecule has 104 valence electrons. The van der Waals surface area contributed by atoms with E-state index >= 15 is 0 Å². The van der Waals surface area contributed by atoms with Gasteiger partial charge in [0.05, 0.1) is 11.3 Å². The molecule has 0 aliphatic carbocycles. The number of amides is 2. The van der Waals surface area contributed by atoms with Crippen LogP contribution in [0.25, 0.3) is 0 Å². The molecule has 1 rings (SSSR count). The molecule has 5 nitrogen and oxygen atoms in total. The Labute approximate surface area is 110 Å². The lowest BCUT2D eigenvalue weighted by atomic mass is 10.0. The van der Waals surface area contributed by atoms with Crippen molar-refractivity contribution >= 4 is 17.5 Å². The highest BCUT2D eigenvalue weighted by Gasteiger charge is 2.21. The fraction of sp³-hybridized carbons (Fsp3) is 0.385. The molecule has 0 saturated carbocycles. The number of aliphatic hydroxyl groups is 1. The maximum Gasteiger partial charge on any atom is 0.313 e. The molecule has 1 aromatic rings. The SMILES string of the molecule is CC[C@](C)(O)CNC(=O)C(=O)Nc1ccccc1F. The minimum atomic E-state index is -1.08. The van der Waals surface area contributed by atoms with Gasteiger partial charge in [-0.3, -0.25) is 9.59 Å². The van der Waals surface area contributed by atoms with E-state index in [1.165, 1.54) is 18.2 Å². The van der Waals surface area contributed by atoms with Gasteiger partial charge in [-0.15, -0.1) is 0 Å². The third-order valence-corrected chi connectivity index (χ3v) is 2.72. The van der Waals surface area contributed by atoms with Crippen molar-refractivity contribution < 1.29 is 19.1 Å². The smallest absolute Gasteiger partial charge is 0.313 e. The van der Waals surface area contributed by atoms with E-state index in [2.05, 4.69) is 10.6 Å². The van der Waals surface area contributed by atoms with Gasteiger partial charge >= 0.3 is 11.8 Å². The zero-order valence-electron chi connectivity index (χ0n) is 10.9. The van der Waals surface area contributed by atoms with E-state index in [-0.39, 0.29) is 12.2 Å². The Hall–Kier alpha value is -1.95. The summed E-state index contributed by atoms with van der Waals surface area (Å²) in [6.45, 7) is 3.25. The first-order valence-electron chi connectivity index (χ1n) is 5.92. The summed E-state index contributed by atoms with van der Waals surface area (Å²) in [6, 6.07) is 5.54. The molecule has 0 unspecified atom stereocenters. The molecule has 19 heavy (non-hydrogen) atoms. The number of rotatable bonds is 4. The van der Waals surface area contributed by atoms with E-state index in [0.29, 0.717) is 6.42 Å². The largest absolute Gasteiger partial charge is 0.388 e. The van der Waals surface area contributed by atoms with Crippen LogP contribution < -0.4 is 10.6 Å². The highest BCUT2D eigenvalue weighted by Crippen LogP contribution is 2.12. The number of nitrogens with one attached hydrogen (secondary N) is 2. The highest BCUT2D eigenvalue weighted by molar-refractivity contribution is 6.39. The molecule has 0 aliphatic heterocycles. The molecule has 1 aromatic carbocycles. The number of carbonyl (C=O) groups excluding carboxylic acids is 2. The normalized spacial score (nSPS) is 13.5. The number of carbonyl (C=O) groups is 2. The zero-order chi connectivity index (χ0) is 14.5. The molecule has 0 fully saturated rings. The third kappa shape index (κ3) is 4.67. The first-order chi connectivity index (χ1) is 8.85. The second-order valence-corrected chi connectivity index (χ2v) is 4.47. The van der Waals surface area contributed by atoms with Crippen molar-refractivity contribution in [3.8, 4) is 0 Å². The molecule has 0 aromatic heterocycles. The van der Waals surface area contributed by atoms with Crippen LogP contribution in [0.5, 0.6) is 0 Å². The number of para-hydroxylation sites is 1. The van der Waals surface area contributed by atoms with Crippen molar-refractivity contribution in [2.24, 2.45) is 0 Å². The van der Waals surface area contributed by atoms with Gasteiger partial charge in [0.25, 0.3) is 0 Å². The Morgan fingerprint density at radius 1 is 1.32 bits per heavy atom. The number of hydrogen-bond acceptors (Lipinski definition) is 3. The highest BCUT2D eigenvalue weighted by atomic mass is 19.1. The lowest BCUT2D eigenvalue weighted by Crippen LogP contribution is -2.44. The molecule has 2 amide bonds. The number of halogens is 1. The van der Waals surface area contributed by atoms with Gasteiger partial charge in [-0.25, -0.2) is 4.39 Å². The van der Waals surface area contributed by atoms with Crippen LogP contribution in [0.4, 0.5) is 10.1 Å². The van der Waals surface area contributed by atoms with Crippen molar-refractivity contribution in [3.05, 3.63) is 30.1 Å². The van der Waals surface area contributed by atoms with E-state index in [4.69, 9.17) is 0 Å². The van der Waals surface area contributed by atoms with Crippen LogP contribution in [0.15, 0.2) is 24.3 Å². The number of anilines is 1. The van der Waals surface area contributed by atoms with Gasteiger partial charge in [0.2, 0.25) is 0 Å². The minimum absolute atomic E-state index is 0.0486. The summed E-state index contributed by atoms with van der Waals surface area (Å²) in [7, 11) is 0. The van der Waals surface area contributed by atoms with Crippen molar-refractivity contribution in [1.29, 1.82) is 0 Å². The zero-order valence-corrected chi connectivity index (χ0v) is 10.9. The van der Waals surface area contributed by atoms with E-state index in [9.17, 15) is 19.1 Å². The summed E-state index contributed by atoms with van der Waals surface area (Å²) in [5, 5.41) is 14.1. The molecule has 0 radical (unpaired) electrons. The summed E-state index contributed by atoms with van der Waals surface area (Å²) in [6.07, 6.45) is 0.433. The Bertz CT molecular complexity index is 475. The maximum absolute atomic E-state index is 13.3. The average Bonchev–Trinajstić information content (AvgIpc) is 2.38. The van der Waals surface area contributed by atoms with Crippen molar-refractivity contribution in [2.45, 2.75) is 25.9 Å². The van der Waals surface area contributed by atoms with Crippen LogP contribution in [-0.4, -0.2) is 29.1 Å². The molecule has 0 spiro atoms. The number of benzene rings is 1. The fourth-order valence-corrected chi connectivity index (χ4v) is 1.22. The van der Waals surface area contributed by atoms with Gasteiger partial charge < -0.3 is 15.7 Å². The molecule has 0 heterocycles. The average molecular weight is 268 g/mol.